The second-order valence-corrected chi connectivity index (χ2v) is 3.76. The van der Waals surface area contributed by atoms with Crippen molar-refractivity contribution in [3.05, 3.63) is 36.9 Å². The zero-order valence-electron chi connectivity index (χ0n) is 9.25. The molecule has 0 amide bonds. The van der Waals surface area contributed by atoms with E-state index >= 15 is 0 Å². The van der Waals surface area contributed by atoms with Gasteiger partial charge in [-0.1, -0.05) is 0 Å². The molecule has 3 aromatic rings. The van der Waals surface area contributed by atoms with Crippen LogP contribution in [-0.2, 0) is 0 Å². The van der Waals surface area contributed by atoms with Gasteiger partial charge in [-0.2, -0.15) is 0 Å². The third-order valence-electron chi connectivity index (χ3n) is 2.62. The Morgan fingerprint density at radius 1 is 0.778 bits per heavy atom. The predicted molar refractivity (Wildman–Crippen MR) is 64.9 cm³/mol. The molecule has 0 fully saturated rings. The smallest absolute Gasteiger partial charge is 0.141 e. The Morgan fingerprint density at radius 2 is 1.22 bits per heavy atom. The fourth-order valence-corrected chi connectivity index (χ4v) is 1.78. The van der Waals surface area contributed by atoms with Gasteiger partial charge in [-0.3, -0.25) is 0 Å². The normalized spacial score (nSPS) is 10.7. The van der Waals surface area contributed by atoms with Crippen molar-refractivity contribution in [2.75, 3.05) is 0 Å². The second kappa shape index (κ2) is 3.92. The van der Waals surface area contributed by atoms with Crippen LogP contribution in [0, 0.1) is 0 Å². The number of phenolic OH excluding ortho intramolecular Hbond substituents is 2. The molecule has 6 heteroatoms. The van der Waals surface area contributed by atoms with Crippen LogP contribution >= 0.6 is 0 Å². The lowest BCUT2D eigenvalue weighted by atomic mass is 10.1. The molecule has 1 aromatic carbocycles. The van der Waals surface area contributed by atoms with E-state index in [9.17, 15) is 10.2 Å². The van der Waals surface area contributed by atoms with Crippen molar-refractivity contribution < 1.29 is 10.2 Å². The number of nitrogens with one attached hydrogen (secondary N) is 2. The molecular weight excluding hydrogens is 232 g/mol. The number of nitrogens with zero attached hydrogens (tertiary/aromatic N) is 2. The van der Waals surface area contributed by atoms with E-state index in [4.69, 9.17) is 0 Å². The van der Waals surface area contributed by atoms with Gasteiger partial charge in [-0.25, -0.2) is 9.97 Å². The SMILES string of the molecule is Oc1cc(-c2ncc[nH]2)c(O)cc1-c1ncc[nH]1. The van der Waals surface area contributed by atoms with Gasteiger partial charge in [0.1, 0.15) is 23.1 Å². The van der Waals surface area contributed by atoms with Crippen LogP contribution in [0.1, 0.15) is 0 Å². The highest BCUT2D eigenvalue weighted by atomic mass is 16.3. The molecule has 0 spiro atoms. The Hall–Kier alpha value is -2.76. The second-order valence-electron chi connectivity index (χ2n) is 3.76. The van der Waals surface area contributed by atoms with Gasteiger partial charge < -0.3 is 20.2 Å². The Kier molecular flexibility index (Phi) is 2.26. The van der Waals surface area contributed by atoms with E-state index in [1.165, 1.54) is 12.1 Å². The maximum atomic E-state index is 9.97. The lowest BCUT2D eigenvalue weighted by Gasteiger charge is -2.06. The third kappa shape index (κ3) is 1.60. The predicted octanol–water partition coefficient (Wildman–Crippen LogP) is 1.88. The highest BCUT2D eigenvalue weighted by molar-refractivity contribution is 5.75. The van der Waals surface area contributed by atoms with Crippen molar-refractivity contribution in [3.8, 4) is 34.3 Å². The minimum absolute atomic E-state index is 0.0224. The summed E-state index contributed by atoms with van der Waals surface area (Å²) in [5.74, 6) is 1.03. The summed E-state index contributed by atoms with van der Waals surface area (Å²) in [5, 5.41) is 19.9. The van der Waals surface area contributed by atoms with E-state index in [1.807, 2.05) is 0 Å². The molecule has 0 atom stereocenters. The maximum absolute atomic E-state index is 9.97. The molecule has 6 nitrogen and oxygen atoms in total. The first-order valence-corrected chi connectivity index (χ1v) is 5.31. The number of H-pyrrole nitrogens is 2. The Labute approximate surface area is 102 Å². The van der Waals surface area contributed by atoms with Crippen molar-refractivity contribution in [1.82, 2.24) is 19.9 Å². The van der Waals surface area contributed by atoms with Crippen LogP contribution in [0.3, 0.4) is 0 Å². The van der Waals surface area contributed by atoms with Crippen LogP contribution in [0.2, 0.25) is 0 Å². The number of rotatable bonds is 2. The van der Waals surface area contributed by atoms with E-state index in [2.05, 4.69) is 19.9 Å². The molecule has 4 N–H and O–H groups in total. The lowest BCUT2D eigenvalue weighted by Crippen LogP contribution is -1.86. The van der Waals surface area contributed by atoms with E-state index in [0.29, 0.717) is 22.8 Å². The molecular formula is C12H10N4O2. The molecule has 2 aromatic heterocycles. The quantitative estimate of drug-likeness (QED) is 0.516. The highest BCUT2D eigenvalue weighted by Gasteiger charge is 2.14. The third-order valence-corrected chi connectivity index (χ3v) is 2.62. The summed E-state index contributed by atoms with van der Waals surface area (Å²) in [4.78, 5) is 13.8. The number of hydrogen-bond donors (Lipinski definition) is 4. The highest BCUT2D eigenvalue weighted by Crippen LogP contribution is 2.37. The Balaban J connectivity index is 2.15. The summed E-state index contributed by atoms with van der Waals surface area (Å²) < 4.78 is 0. The van der Waals surface area contributed by atoms with Crippen LogP contribution in [0.15, 0.2) is 36.9 Å². The number of aromatic nitrogens is 4. The first-order chi connectivity index (χ1) is 8.75. The molecule has 18 heavy (non-hydrogen) atoms. The van der Waals surface area contributed by atoms with Gasteiger partial charge in [0.05, 0.1) is 11.1 Å². The van der Waals surface area contributed by atoms with Gasteiger partial charge in [0, 0.05) is 24.8 Å². The Bertz CT molecular complexity index is 600. The van der Waals surface area contributed by atoms with Gasteiger partial charge in [-0.05, 0) is 12.1 Å². The van der Waals surface area contributed by atoms with Gasteiger partial charge in [0.25, 0.3) is 0 Å². The molecule has 0 saturated carbocycles. The first kappa shape index (κ1) is 10.4. The van der Waals surface area contributed by atoms with Crippen molar-refractivity contribution >= 4 is 0 Å². The summed E-state index contributed by atoms with van der Waals surface area (Å²) in [7, 11) is 0. The summed E-state index contributed by atoms with van der Waals surface area (Å²) >= 11 is 0. The molecule has 0 radical (unpaired) electrons. The topological polar surface area (TPSA) is 97.8 Å². The minimum Gasteiger partial charge on any atom is -0.507 e. The molecule has 0 saturated heterocycles. The van der Waals surface area contributed by atoms with Crippen LogP contribution in [0.5, 0.6) is 11.5 Å². The van der Waals surface area contributed by atoms with E-state index in [0.717, 1.165) is 0 Å². The standard InChI is InChI=1S/C12H10N4O2/c17-9-6-8(12-15-3-4-16-12)10(18)5-7(9)11-13-1-2-14-11/h1-6,17-18H,(H,13,14)(H,15,16). The number of hydrogen-bond acceptors (Lipinski definition) is 4. The monoisotopic (exact) mass is 242 g/mol. The van der Waals surface area contributed by atoms with Crippen molar-refractivity contribution in [1.29, 1.82) is 0 Å². The molecule has 3 rings (SSSR count). The van der Waals surface area contributed by atoms with Crippen molar-refractivity contribution in [2.45, 2.75) is 0 Å². The summed E-state index contributed by atoms with van der Waals surface area (Å²) in [6, 6.07) is 2.90. The Morgan fingerprint density at radius 3 is 1.56 bits per heavy atom. The maximum Gasteiger partial charge on any atom is 0.141 e. The van der Waals surface area contributed by atoms with E-state index in [-0.39, 0.29) is 11.5 Å². The van der Waals surface area contributed by atoms with Crippen LogP contribution in [0.4, 0.5) is 0 Å². The molecule has 90 valence electrons. The van der Waals surface area contributed by atoms with Crippen LogP contribution < -0.4 is 0 Å². The van der Waals surface area contributed by atoms with Crippen molar-refractivity contribution in [3.63, 3.8) is 0 Å². The van der Waals surface area contributed by atoms with Gasteiger partial charge >= 0.3 is 0 Å². The summed E-state index contributed by atoms with van der Waals surface area (Å²) in [6.07, 6.45) is 6.44. The number of phenols is 2. The summed E-state index contributed by atoms with van der Waals surface area (Å²) in [5.41, 5.74) is 0.876. The van der Waals surface area contributed by atoms with E-state index in [1.54, 1.807) is 24.8 Å². The molecule has 2 heterocycles. The van der Waals surface area contributed by atoms with Gasteiger partial charge in [-0.15, -0.1) is 0 Å². The average molecular weight is 242 g/mol. The van der Waals surface area contributed by atoms with Crippen LogP contribution in [0.25, 0.3) is 22.8 Å². The molecule has 0 aliphatic heterocycles. The fraction of sp³-hybridized carbons (Fsp3) is 0. The molecule has 0 bridgehead atoms. The average Bonchev–Trinajstić information content (AvgIpc) is 3.02. The number of benzene rings is 1. The lowest BCUT2D eigenvalue weighted by molar-refractivity contribution is 0.463. The summed E-state index contributed by atoms with van der Waals surface area (Å²) in [6.45, 7) is 0. The number of imidazole rings is 2. The minimum atomic E-state index is 0.0224. The largest absolute Gasteiger partial charge is 0.507 e. The number of aromatic amines is 2. The van der Waals surface area contributed by atoms with Gasteiger partial charge in [0.2, 0.25) is 0 Å². The number of aromatic hydroxyl groups is 2. The first-order valence-electron chi connectivity index (χ1n) is 5.31. The van der Waals surface area contributed by atoms with E-state index < -0.39 is 0 Å². The van der Waals surface area contributed by atoms with Crippen molar-refractivity contribution in [2.24, 2.45) is 0 Å². The van der Waals surface area contributed by atoms with Crippen LogP contribution in [-0.4, -0.2) is 30.1 Å². The molecule has 0 aliphatic rings. The van der Waals surface area contributed by atoms with Gasteiger partial charge in [0.15, 0.2) is 0 Å². The zero-order chi connectivity index (χ0) is 12.5. The fourth-order valence-electron chi connectivity index (χ4n) is 1.78. The zero-order valence-corrected chi connectivity index (χ0v) is 9.25. The molecule has 0 unspecified atom stereocenters. The molecule has 0 aliphatic carbocycles.